The molecule has 100 valence electrons. The Morgan fingerprint density at radius 1 is 1.11 bits per heavy atom. The largest absolute Gasteiger partial charge is 0.357 e. The predicted octanol–water partition coefficient (Wildman–Crippen LogP) is 3.05. The minimum absolute atomic E-state index is 0.0874. The predicted molar refractivity (Wildman–Crippen MR) is 77.6 cm³/mol. The van der Waals surface area contributed by atoms with Crippen LogP contribution in [0.5, 0.6) is 0 Å². The molecule has 0 fully saturated rings. The molecule has 2 rings (SSSR count). The SMILES string of the molecule is CNc1nc(Cl)nc(NC(C)c2ccccc2C)n1. The van der Waals surface area contributed by atoms with Crippen LogP contribution in [0, 0.1) is 6.92 Å². The average Bonchev–Trinajstić information content (AvgIpc) is 2.38. The molecule has 1 aromatic carbocycles. The van der Waals surface area contributed by atoms with Gasteiger partial charge in [0.1, 0.15) is 0 Å². The summed E-state index contributed by atoms with van der Waals surface area (Å²) in [4.78, 5) is 12.2. The molecule has 0 bridgehead atoms. The van der Waals surface area contributed by atoms with Gasteiger partial charge < -0.3 is 10.6 Å². The normalized spacial score (nSPS) is 12.0. The smallest absolute Gasteiger partial charge is 0.229 e. The molecular weight excluding hydrogens is 262 g/mol. The fourth-order valence-corrected chi connectivity index (χ4v) is 2.03. The molecule has 0 radical (unpaired) electrons. The molecule has 0 aliphatic carbocycles. The standard InChI is InChI=1S/C13H16ClN5/c1-8-6-4-5-7-10(8)9(2)16-13-18-11(14)17-12(15-3)19-13/h4-7,9H,1-3H3,(H2,15,16,17,18,19). The van der Waals surface area contributed by atoms with Crippen LogP contribution in [0.25, 0.3) is 0 Å². The van der Waals surface area contributed by atoms with E-state index in [0.29, 0.717) is 11.9 Å². The van der Waals surface area contributed by atoms with Crippen LogP contribution in [0.4, 0.5) is 11.9 Å². The molecule has 19 heavy (non-hydrogen) atoms. The number of aryl methyl sites for hydroxylation is 1. The van der Waals surface area contributed by atoms with Crippen LogP contribution in [-0.4, -0.2) is 22.0 Å². The number of hydrogen-bond donors (Lipinski definition) is 2. The lowest BCUT2D eigenvalue weighted by Crippen LogP contribution is -2.12. The maximum Gasteiger partial charge on any atom is 0.229 e. The van der Waals surface area contributed by atoms with E-state index in [4.69, 9.17) is 11.6 Å². The van der Waals surface area contributed by atoms with Gasteiger partial charge >= 0.3 is 0 Å². The summed E-state index contributed by atoms with van der Waals surface area (Å²) in [6.07, 6.45) is 0. The van der Waals surface area contributed by atoms with Crippen molar-refractivity contribution in [1.82, 2.24) is 15.0 Å². The number of rotatable bonds is 4. The zero-order valence-corrected chi connectivity index (χ0v) is 11.9. The van der Waals surface area contributed by atoms with Crippen LogP contribution >= 0.6 is 11.6 Å². The molecule has 0 aliphatic heterocycles. The van der Waals surface area contributed by atoms with Crippen molar-refractivity contribution in [3.8, 4) is 0 Å². The Labute approximate surface area is 117 Å². The maximum absolute atomic E-state index is 5.85. The molecule has 1 unspecified atom stereocenters. The van der Waals surface area contributed by atoms with Gasteiger partial charge in [-0.1, -0.05) is 24.3 Å². The minimum atomic E-state index is 0.0874. The van der Waals surface area contributed by atoms with E-state index in [2.05, 4.69) is 51.6 Å². The second kappa shape index (κ2) is 5.84. The van der Waals surface area contributed by atoms with E-state index in [0.717, 1.165) is 0 Å². The van der Waals surface area contributed by atoms with E-state index in [1.54, 1.807) is 7.05 Å². The lowest BCUT2D eigenvalue weighted by molar-refractivity contribution is 0.846. The third kappa shape index (κ3) is 3.32. The van der Waals surface area contributed by atoms with E-state index in [9.17, 15) is 0 Å². The monoisotopic (exact) mass is 277 g/mol. The van der Waals surface area contributed by atoms with Crippen LogP contribution in [0.15, 0.2) is 24.3 Å². The zero-order valence-electron chi connectivity index (χ0n) is 11.1. The molecule has 2 aromatic rings. The van der Waals surface area contributed by atoms with Gasteiger partial charge in [0.2, 0.25) is 17.2 Å². The van der Waals surface area contributed by atoms with Crippen molar-refractivity contribution < 1.29 is 0 Å². The van der Waals surface area contributed by atoms with Gasteiger partial charge in [0.05, 0.1) is 6.04 Å². The first kappa shape index (κ1) is 13.5. The molecular formula is C13H16ClN5. The zero-order chi connectivity index (χ0) is 13.8. The Kier molecular flexibility index (Phi) is 4.16. The topological polar surface area (TPSA) is 62.7 Å². The Balaban J connectivity index is 2.21. The third-order valence-electron chi connectivity index (χ3n) is 2.83. The van der Waals surface area contributed by atoms with Crippen LogP contribution in [0.1, 0.15) is 24.1 Å². The van der Waals surface area contributed by atoms with Gasteiger partial charge in [-0.05, 0) is 36.6 Å². The van der Waals surface area contributed by atoms with Gasteiger partial charge in [-0.15, -0.1) is 0 Å². The summed E-state index contributed by atoms with van der Waals surface area (Å²) in [6, 6.07) is 8.27. The molecule has 0 spiro atoms. The van der Waals surface area contributed by atoms with Crippen molar-refractivity contribution in [2.45, 2.75) is 19.9 Å². The van der Waals surface area contributed by atoms with E-state index in [-0.39, 0.29) is 11.3 Å². The second-order valence-corrected chi connectivity index (χ2v) is 4.56. The first-order valence-electron chi connectivity index (χ1n) is 6.01. The molecule has 0 saturated heterocycles. The van der Waals surface area contributed by atoms with Gasteiger partial charge in [-0.3, -0.25) is 0 Å². The molecule has 1 aromatic heterocycles. The number of aromatic nitrogens is 3. The molecule has 1 atom stereocenters. The van der Waals surface area contributed by atoms with Crippen molar-refractivity contribution in [3.63, 3.8) is 0 Å². The highest BCUT2D eigenvalue weighted by atomic mass is 35.5. The van der Waals surface area contributed by atoms with E-state index < -0.39 is 0 Å². The van der Waals surface area contributed by atoms with E-state index >= 15 is 0 Å². The quantitative estimate of drug-likeness (QED) is 0.899. The van der Waals surface area contributed by atoms with Crippen LogP contribution in [-0.2, 0) is 0 Å². The Bertz CT molecular complexity index is 573. The van der Waals surface area contributed by atoms with Crippen molar-refractivity contribution >= 4 is 23.5 Å². The van der Waals surface area contributed by atoms with Gasteiger partial charge in [-0.25, -0.2) is 0 Å². The van der Waals surface area contributed by atoms with Crippen molar-refractivity contribution in [1.29, 1.82) is 0 Å². The van der Waals surface area contributed by atoms with Crippen molar-refractivity contribution in [2.24, 2.45) is 0 Å². The first-order chi connectivity index (χ1) is 9.10. The summed E-state index contributed by atoms with van der Waals surface area (Å²) < 4.78 is 0. The first-order valence-corrected chi connectivity index (χ1v) is 6.39. The molecule has 0 amide bonds. The number of halogens is 1. The van der Waals surface area contributed by atoms with E-state index in [1.807, 2.05) is 12.1 Å². The number of hydrogen-bond acceptors (Lipinski definition) is 5. The number of benzene rings is 1. The lowest BCUT2D eigenvalue weighted by atomic mass is 10.0. The van der Waals surface area contributed by atoms with E-state index in [1.165, 1.54) is 11.1 Å². The number of nitrogens with one attached hydrogen (secondary N) is 2. The van der Waals surface area contributed by atoms with Crippen molar-refractivity contribution in [2.75, 3.05) is 17.7 Å². The Morgan fingerprint density at radius 2 is 1.79 bits per heavy atom. The minimum Gasteiger partial charge on any atom is -0.357 e. The highest BCUT2D eigenvalue weighted by molar-refractivity contribution is 6.28. The summed E-state index contributed by atoms with van der Waals surface area (Å²) in [7, 11) is 1.74. The number of anilines is 2. The summed E-state index contributed by atoms with van der Waals surface area (Å²) >= 11 is 5.85. The summed E-state index contributed by atoms with van der Waals surface area (Å²) in [6.45, 7) is 4.13. The van der Waals surface area contributed by atoms with Gasteiger partial charge in [0, 0.05) is 7.05 Å². The summed E-state index contributed by atoms with van der Waals surface area (Å²) in [5, 5.41) is 6.24. The van der Waals surface area contributed by atoms with Crippen LogP contribution < -0.4 is 10.6 Å². The molecule has 0 aliphatic rings. The fraction of sp³-hybridized carbons (Fsp3) is 0.308. The summed E-state index contributed by atoms with van der Waals surface area (Å²) in [5.41, 5.74) is 2.42. The van der Waals surface area contributed by atoms with Gasteiger partial charge in [0.15, 0.2) is 0 Å². The summed E-state index contributed by atoms with van der Waals surface area (Å²) in [5.74, 6) is 0.902. The van der Waals surface area contributed by atoms with Crippen molar-refractivity contribution in [3.05, 3.63) is 40.7 Å². The highest BCUT2D eigenvalue weighted by Crippen LogP contribution is 2.21. The third-order valence-corrected chi connectivity index (χ3v) is 3.00. The van der Waals surface area contributed by atoms with Gasteiger partial charge in [0.25, 0.3) is 0 Å². The second-order valence-electron chi connectivity index (χ2n) is 4.22. The molecule has 6 heteroatoms. The highest BCUT2D eigenvalue weighted by Gasteiger charge is 2.10. The fourth-order valence-electron chi connectivity index (χ4n) is 1.87. The molecule has 1 heterocycles. The van der Waals surface area contributed by atoms with Gasteiger partial charge in [-0.2, -0.15) is 15.0 Å². The Morgan fingerprint density at radius 3 is 2.47 bits per heavy atom. The maximum atomic E-state index is 5.85. The molecule has 0 saturated carbocycles. The van der Waals surface area contributed by atoms with Crippen LogP contribution in [0.2, 0.25) is 5.28 Å². The average molecular weight is 278 g/mol. The lowest BCUT2D eigenvalue weighted by Gasteiger charge is -2.16. The molecule has 5 nitrogen and oxygen atoms in total. The Hall–Kier alpha value is -1.88. The van der Waals surface area contributed by atoms with Crippen LogP contribution in [0.3, 0.4) is 0 Å². The number of nitrogens with zero attached hydrogens (tertiary/aromatic N) is 3. The molecule has 2 N–H and O–H groups in total.